The third-order valence-electron chi connectivity index (χ3n) is 4.63. The number of fused-ring (bicyclic) bond motifs is 1. The fourth-order valence-electron chi connectivity index (χ4n) is 2.87. The molecule has 0 saturated heterocycles. The number of primary sulfonamides is 1. The number of thiophene rings is 1. The number of carbonyl (C=O) groups excluding carboxylic acids is 1. The lowest BCUT2D eigenvalue weighted by atomic mass is 10.1. The van der Waals surface area contributed by atoms with Crippen LogP contribution in [0.5, 0.6) is 0 Å². The van der Waals surface area contributed by atoms with Crippen molar-refractivity contribution >= 4 is 37.4 Å². The van der Waals surface area contributed by atoms with Gasteiger partial charge in [0.25, 0.3) is 5.91 Å². The van der Waals surface area contributed by atoms with E-state index in [1.54, 1.807) is 24.1 Å². The maximum Gasteiger partial charge on any atom is 0.264 e. The van der Waals surface area contributed by atoms with Crippen LogP contribution in [-0.2, 0) is 10.0 Å². The third-order valence-corrected chi connectivity index (χ3v) is 6.82. The molecule has 2 aromatic carbocycles. The number of carbonyl (C=O) groups is 1. The minimum atomic E-state index is -3.72. The molecule has 26 heavy (non-hydrogen) atoms. The molecule has 1 heterocycles. The van der Waals surface area contributed by atoms with Crippen LogP contribution in [-0.4, -0.2) is 26.3 Å². The van der Waals surface area contributed by atoms with Gasteiger partial charge in [0, 0.05) is 11.7 Å². The number of nitrogens with two attached hydrogens (primary N) is 1. The summed E-state index contributed by atoms with van der Waals surface area (Å²) in [4.78, 5) is 15.4. The number of hydrogen-bond donors (Lipinski definition) is 1. The molecule has 0 fully saturated rings. The lowest BCUT2D eigenvalue weighted by molar-refractivity contribution is 0.0747. The van der Waals surface area contributed by atoms with Crippen molar-refractivity contribution in [1.29, 1.82) is 0 Å². The Hall–Kier alpha value is -2.22. The Balaban J connectivity index is 1.88. The molecule has 7 heteroatoms. The molecule has 2 N–H and O–H groups in total. The fraction of sp³-hybridized carbons (Fsp3) is 0.211. The second kappa shape index (κ2) is 6.83. The molecule has 0 bridgehead atoms. The highest BCUT2D eigenvalue weighted by molar-refractivity contribution is 7.89. The van der Waals surface area contributed by atoms with Gasteiger partial charge in [0.2, 0.25) is 10.0 Å². The summed E-state index contributed by atoms with van der Waals surface area (Å²) in [6.45, 7) is 3.87. The van der Waals surface area contributed by atoms with Gasteiger partial charge in [0.05, 0.1) is 15.8 Å². The zero-order chi connectivity index (χ0) is 19.1. The van der Waals surface area contributed by atoms with Crippen LogP contribution >= 0.6 is 11.3 Å². The lowest BCUT2D eigenvalue weighted by Gasteiger charge is -2.25. The van der Waals surface area contributed by atoms with Crippen molar-refractivity contribution in [3.05, 3.63) is 64.5 Å². The van der Waals surface area contributed by atoms with Crippen LogP contribution < -0.4 is 5.14 Å². The summed E-state index contributed by atoms with van der Waals surface area (Å²) in [7, 11) is -1.97. The first-order valence-corrected chi connectivity index (χ1v) is 10.4. The van der Waals surface area contributed by atoms with Gasteiger partial charge < -0.3 is 4.90 Å². The van der Waals surface area contributed by atoms with Gasteiger partial charge in [-0.15, -0.1) is 11.3 Å². The van der Waals surface area contributed by atoms with Crippen molar-refractivity contribution in [2.45, 2.75) is 24.8 Å². The predicted molar refractivity (Wildman–Crippen MR) is 105 cm³/mol. The Morgan fingerprint density at radius 1 is 1.12 bits per heavy atom. The van der Waals surface area contributed by atoms with Crippen LogP contribution in [0.4, 0.5) is 0 Å². The zero-order valence-corrected chi connectivity index (χ0v) is 16.4. The van der Waals surface area contributed by atoms with Crippen molar-refractivity contribution < 1.29 is 13.2 Å². The normalized spacial score (nSPS) is 12.9. The number of benzene rings is 2. The minimum absolute atomic E-state index is 0.0493. The summed E-state index contributed by atoms with van der Waals surface area (Å²) in [5.74, 6) is -0.0493. The van der Waals surface area contributed by atoms with Gasteiger partial charge in [-0.3, -0.25) is 4.79 Å². The van der Waals surface area contributed by atoms with Gasteiger partial charge in [-0.1, -0.05) is 30.3 Å². The average Bonchev–Trinajstić information content (AvgIpc) is 2.96. The first kappa shape index (κ1) is 18.6. The van der Waals surface area contributed by atoms with Gasteiger partial charge >= 0.3 is 0 Å². The Morgan fingerprint density at radius 3 is 2.31 bits per heavy atom. The molecule has 0 aliphatic carbocycles. The topological polar surface area (TPSA) is 80.5 Å². The monoisotopic (exact) mass is 388 g/mol. The molecule has 1 atom stereocenters. The molecule has 5 nitrogen and oxygen atoms in total. The van der Waals surface area contributed by atoms with Crippen LogP contribution in [0.15, 0.2) is 53.4 Å². The number of hydrogen-bond acceptors (Lipinski definition) is 4. The Labute approximate surface area is 157 Å². The number of rotatable bonds is 4. The van der Waals surface area contributed by atoms with E-state index in [2.05, 4.69) is 0 Å². The summed E-state index contributed by atoms with van der Waals surface area (Å²) in [5, 5.41) is 6.23. The number of sulfonamides is 1. The molecular weight excluding hydrogens is 368 g/mol. The summed E-state index contributed by atoms with van der Waals surface area (Å²) in [6, 6.07) is 14.1. The van der Waals surface area contributed by atoms with Crippen LogP contribution in [0, 0.1) is 6.92 Å². The quantitative estimate of drug-likeness (QED) is 0.740. The van der Waals surface area contributed by atoms with E-state index >= 15 is 0 Å². The SMILES string of the molecule is Cc1c(C(=O)N(C)[C@@H](C)c2ccc(S(N)(=O)=O)cc2)sc2ccccc12. The highest BCUT2D eigenvalue weighted by atomic mass is 32.2. The molecule has 0 aliphatic rings. The van der Waals surface area contributed by atoms with E-state index in [0.29, 0.717) is 0 Å². The van der Waals surface area contributed by atoms with Crippen molar-refractivity contribution in [1.82, 2.24) is 4.90 Å². The van der Waals surface area contributed by atoms with Gasteiger partial charge in [0.15, 0.2) is 0 Å². The summed E-state index contributed by atoms with van der Waals surface area (Å²) in [6.07, 6.45) is 0. The minimum Gasteiger partial charge on any atom is -0.334 e. The van der Waals surface area contributed by atoms with Crippen molar-refractivity contribution in [2.24, 2.45) is 5.14 Å². The molecule has 3 rings (SSSR count). The molecule has 0 radical (unpaired) electrons. The number of nitrogens with zero attached hydrogens (tertiary/aromatic N) is 1. The molecule has 136 valence electrons. The standard InChI is InChI=1S/C19H20N2O3S2/c1-12-16-6-4-5-7-17(16)25-18(12)19(22)21(3)13(2)14-8-10-15(11-9-14)26(20,23)24/h4-11,13H,1-3H3,(H2,20,23,24)/t13-/m0/s1. The molecule has 0 aliphatic heterocycles. The Kier molecular flexibility index (Phi) is 4.88. The smallest absolute Gasteiger partial charge is 0.264 e. The number of amides is 1. The maximum atomic E-state index is 13.0. The summed E-state index contributed by atoms with van der Waals surface area (Å²) >= 11 is 1.49. The molecule has 3 aromatic rings. The second-order valence-corrected chi connectivity index (χ2v) is 8.87. The Morgan fingerprint density at radius 2 is 1.73 bits per heavy atom. The van der Waals surface area contributed by atoms with Gasteiger partial charge in [-0.2, -0.15) is 0 Å². The van der Waals surface area contributed by atoms with E-state index in [-0.39, 0.29) is 16.8 Å². The molecule has 0 unspecified atom stereocenters. The van der Waals surface area contributed by atoms with Gasteiger partial charge in [-0.05, 0) is 48.6 Å². The maximum absolute atomic E-state index is 13.0. The van der Waals surface area contributed by atoms with Crippen LogP contribution in [0.25, 0.3) is 10.1 Å². The van der Waals surface area contributed by atoms with Crippen LogP contribution in [0.2, 0.25) is 0 Å². The highest BCUT2D eigenvalue weighted by Crippen LogP contribution is 2.33. The summed E-state index contributed by atoms with van der Waals surface area (Å²) < 4.78 is 23.8. The van der Waals surface area contributed by atoms with Gasteiger partial charge in [-0.25, -0.2) is 13.6 Å². The average molecular weight is 389 g/mol. The third kappa shape index (κ3) is 3.38. The van der Waals surface area contributed by atoms with E-state index in [1.807, 2.05) is 38.1 Å². The van der Waals surface area contributed by atoms with Crippen LogP contribution in [0.3, 0.4) is 0 Å². The molecule has 1 amide bonds. The summed E-state index contributed by atoms with van der Waals surface area (Å²) in [5.41, 5.74) is 1.83. The molecular formula is C19H20N2O3S2. The molecule has 0 spiro atoms. The first-order valence-electron chi connectivity index (χ1n) is 8.08. The Bertz CT molecular complexity index is 1070. The van der Waals surface area contributed by atoms with Crippen molar-refractivity contribution in [2.75, 3.05) is 7.05 Å². The van der Waals surface area contributed by atoms with E-state index in [9.17, 15) is 13.2 Å². The van der Waals surface area contributed by atoms with E-state index in [1.165, 1.54) is 23.5 Å². The molecule has 1 aromatic heterocycles. The highest BCUT2D eigenvalue weighted by Gasteiger charge is 2.23. The zero-order valence-electron chi connectivity index (χ0n) is 14.8. The second-order valence-electron chi connectivity index (χ2n) is 6.26. The first-order chi connectivity index (χ1) is 12.2. The number of aryl methyl sites for hydroxylation is 1. The van der Waals surface area contributed by atoms with E-state index in [0.717, 1.165) is 26.1 Å². The van der Waals surface area contributed by atoms with E-state index in [4.69, 9.17) is 5.14 Å². The molecule has 0 saturated carbocycles. The fourth-order valence-corrected chi connectivity index (χ4v) is 4.58. The van der Waals surface area contributed by atoms with E-state index < -0.39 is 10.0 Å². The predicted octanol–water partition coefficient (Wildman–Crippen LogP) is 3.69. The van der Waals surface area contributed by atoms with Gasteiger partial charge in [0.1, 0.15) is 0 Å². The largest absolute Gasteiger partial charge is 0.334 e. The van der Waals surface area contributed by atoms with Crippen molar-refractivity contribution in [3.8, 4) is 0 Å². The van der Waals surface area contributed by atoms with Crippen LogP contribution in [0.1, 0.15) is 33.8 Å². The van der Waals surface area contributed by atoms with Crippen molar-refractivity contribution in [3.63, 3.8) is 0 Å². The lowest BCUT2D eigenvalue weighted by Crippen LogP contribution is -2.29.